The minimum Gasteiger partial charge on any atom is -0.465 e. The highest BCUT2D eigenvalue weighted by Crippen LogP contribution is 2.31. The van der Waals surface area contributed by atoms with Crippen molar-refractivity contribution in [3.05, 3.63) is 35.7 Å². The molecule has 146 valence electrons. The maximum absolute atomic E-state index is 11.1. The van der Waals surface area contributed by atoms with Crippen LogP contribution in [-0.2, 0) is 0 Å². The van der Waals surface area contributed by atoms with Gasteiger partial charge in [0.15, 0.2) is 5.65 Å². The minimum absolute atomic E-state index is 0.142. The summed E-state index contributed by atoms with van der Waals surface area (Å²) in [5, 5.41) is 27.6. The van der Waals surface area contributed by atoms with Gasteiger partial charge in [0, 0.05) is 25.3 Å². The van der Waals surface area contributed by atoms with E-state index in [2.05, 4.69) is 42.7 Å². The molecule has 0 aliphatic carbocycles. The van der Waals surface area contributed by atoms with Crippen LogP contribution in [0.4, 0.5) is 22.1 Å². The molecule has 2 atom stereocenters. The normalized spacial score (nSPS) is 19.6. The second kappa shape index (κ2) is 7.47. The van der Waals surface area contributed by atoms with E-state index in [0.717, 1.165) is 24.3 Å². The Morgan fingerprint density at radius 3 is 2.96 bits per heavy atom. The Morgan fingerprint density at radius 1 is 1.29 bits per heavy atom. The first-order valence-electron chi connectivity index (χ1n) is 8.83. The van der Waals surface area contributed by atoms with Crippen LogP contribution in [0.25, 0.3) is 5.65 Å². The molecular weight excluding hydrogens is 384 g/mol. The molecule has 10 nitrogen and oxygen atoms in total. The summed E-state index contributed by atoms with van der Waals surface area (Å²) >= 11 is 5.99. The number of piperidine rings is 1. The van der Waals surface area contributed by atoms with Gasteiger partial charge in [-0.25, -0.2) is 4.79 Å². The number of halogens is 1. The number of pyridine rings is 1. The fourth-order valence-corrected chi connectivity index (χ4v) is 3.69. The highest BCUT2D eigenvalue weighted by atomic mass is 35.5. The van der Waals surface area contributed by atoms with E-state index in [1.54, 1.807) is 24.5 Å². The van der Waals surface area contributed by atoms with Gasteiger partial charge >= 0.3 is 6.09 Å². The zero-order valence-corrected chi connectivity index (χ0v) is 15.8. The first-order chi connectivity index (χ1) is 13.5. The molecule has 1 fully saturated rings. The molecule has 28 heavy (non-hydrogen) atoms. The SMILES string of the molecule is C[C@@H]1C[C@H](NC(=O)O)CN(c2ccncc2Nc2nnc3ccc(Cl)nn23)C1. The van der Waals surface area contributed by atoms with Crippen LogP contribution in [0.3, 0.4) is 0 Å². The Labute approximate surface area is 165 Å². The van der Waals surface area contributed by atoms with Gasteiger partial charge in [-0.1, -0.05) is 18.5 Å². The third kappa shape index (κ3) is 3.77. The number of fused-ring (bicyclic) bond motifs is 1. The van der Waals surface area contributed by atoms with E-state index >= 15 is 0 Å². The van der Waals surface area contributed by atoms with Crippen molar-refractivity contribution in [1.82, 2.24) is 30.1 Å². The van der Waals surface area contributed by atoms with E-state index in [-0.39, 0.29) is 6.04 Å². The molecule has 4 rings (SSSR count). The zero-order chi connectivity index (χ0) is 19.7. The predicted octanol–water partition coefficient (Wildman–Crippen LogP) is 2.40. The molecule has 1 saturated heterocycles. The number of amides is 1. The Balaban J connectivity index is 1.63. The number of carbonyl (C=O) groups is 1. The van der Waals surface area contributed by atoms with Crippen molar-refractivity contribution in [2.45, 2.75) is 19.4 Å². The molecule has 11 heteroatoms. The quantitative estimate of drug-likeness (QED) is 0.608. The Morgan fingerprint density at radius 2 is 2.14 bits per heavy atom. The van der Waals surface area contributed by atoms with E-state index in [1.807, 2.05) is 6.07 Å². The maximum atomic E-state index is 11.1. The summed E-state index contributed by atoms with van der Waals surface area (Å²) in [6.45, 7) is 3.48. The van der Waals surface area contributed by atoms with Gasteiger partial charge in [-0.2, -0.15) is 9.61 Å². The molecule has 3 N–H and O–H groups in total. The van der Waals surface area contributed by atoms with Gasteiger partial charge in [0.05, 0.1) is 17.6 Å². The largest absolute Gasteiger partial charge is 0.465 e. The number of nitrogens with zero attached hydrogens (tertiary/aromatic N) is 6. The average molecular weight is 403 g/mol. The van der Waals surface area contributed by atoms with Gasteiger partial charge in [-0.05, 0) is 30.5 Å². The van der Waals surface area contributed by atoms with Crippen molar-refractivity contribution in [3.8, 4) is 0 Å². The Kier molecular flexibility index (Phi) is 4.86. The Bertz CT molecular complexity index is 1010. The fraction of sp³-hybridized carbons (Fsp3) is 0.353. The van der Waals surface area contributed by atoms with Crippen LogP contribution in [0.5, 0.6) is 0 Å². The summed E-state index contributed by atoms with van der Waals surface area (Å²) in [5.74, 6) is 0.748. The molecule has 0 radical (unpaired) electrons. The molecule has 0 unspecified atom stereocenters. The van der Waals surface area contributed by atoms with Crippen LogP contribution in [-0.4, -0.2) is 55.1 Å². The second-order valence-corrected chi connectivity index (χ2v) is 7.25. The zero-order valence-electron chi connectivity index (χ0n) is 15.1. The van der Waals surface area contributed by atoms with E-state index in [4.69, 9.17) is 16.7 Å². The lowest BCUT2D eigenvalue weighted by Crippen LogP contribution is -2.50. The second-order valence-electron chi connectivity index (χ2n) is 6.86. The van der Waals surface area contributed by atoms with Crippen molar-refractivity contribution in [1.29, 1.82) is 0 Å². The number of aromatic nitrogens is 5. The maximum Gasteiger partial charge on any atom is 0.404 e. The van der Waals surface area contributed by atoms with E-state index in [9.17, 15) is 4.79 Å². The minimum atomic E-state index is -1.01. The summed E-state index contributed by atoms with van der Waals surface area (Å²) in [7, 11) is 0. The van der Waals surface area contributed by atoms with Gasteiger partial charge < -0.3 is 20.6 Å². The van der Waals surface area contributed by atoms with Crippen LogP contribution in [0, 0.1) is 5.92 Å². The molecule has 0 spiro atoms. The molecular formula is C17H19ClN8O2. The van der Waals surface area contributed by atoms with Crippen molar-refractivity contribution in [2.75, 3.05) is 23.3 Å². The first kappa shape index (κ1) is 18.2. The molecule has 1 amide bonds. The number of hydrogen-bond acceptors (Lipinski definition) is 7. The molecule has 3 aromatic rings. The summed E-state index contributed by atoms with van der Waals surface area (Å²) in [6.07, 6.45) is 3.19. The molecule has 1 aliphatic rings. The first-order valence-corrected chi connectivity index (χ1v) is 9.21. The van der Waals surface area contributed by atoms with Crippen LogP contribution in [0.1, 0.15) is 13.3 Å². The highest BCUT2D eigenvalue weighted by molar-refractivity contribution is 6.29. The summed E-state index contributed by atoms with van der Waals surface area (Å²) in [5.41, 5.74) is 2.19. The lowest BCUT2D eigenvalue weighted by atomic mass is 9.95. The predicted molar refractivity (Wildman–Crippen MR) is 104 cm³/mol. The monoisotopic (exact) mass is 402 g/mol. The summed E-state index contributed by atoms with van der Waals surface area (Å²) in [4.78, 5) is 17.4. The van der Waals surface area contributed by atoms with Gasteiger partial charge in [0.25, 0.3) is 5.95 Å². The lowest BCUT2D eigenvalue weighted by Gasteiger charge is -2.38. The molecule has 4 heterocycles. The summed E-state index contributed by atoms with van der Waals surface area (Å²) in [6, 6.07) is 5.13. The smallest absolute Gasteiger partial charge is 0.404 e. The van der Waals surface area contributed by atoms with Crippen LogP contribution < -0.4 is 15.5 Å². The number of rotatable bonds is 4. The van der Waals surface area contributed by atoms with Crippen molar-refractivity contribution >= 4 is 40.7 Å². The van der Waals surface area contributed by atoms with Gasteiger partial charge in [-0.3, -0.25) is 4.98 Å². The third-order valence-corrected chi connectivity index (χ3v) is 4.80. The molecule has 1 aliphatic heterocycles. The number of anilines is 3. The van der Waals surface area contributed by atoms with Crippen LogP contribution in [0.15, 0.2) is 30.6 Å². The van der Waals surface area contributed by atoms with E-state index < -0.39 is 6.09 Å². The fourth-order valence-electron chi connectivity index (χ4n) is 3.55. The van der Waals surface area contributed by atoms with Gasteiger partial charge in [0.1, 0.15) is 5.15 Å². The molecule has 0 saturated carbocycles. The number of carboxylic acid groups (broad SMARTS) is 1. The molecule has 3 aromatic heterocycles. The van der Waals surface area contributed by atoms with Gasteiger partial charge in [-0.15, -0.1) is 10.2 Å². The molecule has 0 bridgehead atoms. The topological polar surface area (TPSA) is 121 Å². The van der Waals surface area contributed by atoms with Crippen molar-refractivity contribution in [3.63, 3.8) is 0 Å². The summed E-state index contributed by atoms with van der Waals surface area (Å²) < 4.78 is 1.52. The number of nitrogens with one attached hydrogen (secondary N) is 2. The van der Waals surface area contributed by atoms with Crippen LogP contribution >= 0.6 is 11.6 Å². The van der Waals surface area contributed by atoms with Crippen molar-refractivity contribution < 1.29 is 9.90 Å². The van der Waals surface area contributed by atoms with Crippen molar-refractivity contribution in [2.24, 2.45) is 5.92 Å². The van der Waals surface area contributed by atoms with Gasteiger partial charge in [0.2, 0.25) is 0 Å². The average Bonchev–Trinajstić information content (AvgIpc) is 3.03. The van der Waals surface area contributed by atoms with E-state index in [0.29, 0.717) is 29.2 Å². The van der Waals surface area contributed by atoms with E-state index in [1.165, 1.54) is 4.52 Å². The lowest BCUT2D eigenvalue weighted by molar-refractivity contribution is 0.186. The third-order valence-electron chi connectivity index (χ3n) is 4.60. The van der Waals surface area contributed by atoms with Crippen LogP contribution in [0.2, 0.25) is 5.15 Å². The standard InChI is InChI=1S/C17H19ClN8O2/c1-10-6-11(20-17(27)28)9-25(8-10)13-4-5-19-7-12(13)21-16-23-22-15-3-2-14(18)24-26(15)16/h2-5,7,10-11,20H,6,8-9H2,1H3,(H,21,23)(H,27,28)/t10-,11+/m1/s1. The Hall–Kier alpha value is -3.14. The molecule has 0 aromatic carbocycles. The number of hydrogen-bond donors (Lipinski definition) is 3. The highest BCUT2D eigenvalue weighted by Gasteiger charge is 2.27.